The first-order chi connectivity index (χ1) is 14.5. The quantitative estimate of drug-likeness (QED) is 0.524. The second-order valence-corrected chi connectivity index (χ2v) is 9.21. The smallest absolute Gasteiger partial charge is 0.323 e. The predicted octanol–water partition coefficient (Wildman–Crippen LogP) is 1.46. The van der Waals surface area contributed by atoms with Crippen LogP contribution >= 0.6 is 24.0 Å². The average molecular weight is 463 g/mol. The summed E-state index contributed by atoms with van der Waals surface area (Å²) in [5.41, 5.74) is 0.580. The zero-order valence-corrected chi connectivity index (χ0v) is 19.2. The normalized spacial score (nSPS) is 22.9. The fraction of sp³-hybridized carbons (Fsp3) is 0.450. The Bertz CT molecular complexity index is 1090. The third-order valence-corrected chi connectivity index (χ3v) is 6.51. The molecular formula is C20H22N4O5S2. The number of nitrogens with zero attached hydrogens (tertiary/aromatic N) is 4. The molecule has 0 saturated carbocycles. The molecule has 9 nitrogen and oxygen atoms in total. The standard InChI is InChI=1S/C20H22N4O5S2/c1-10-7-23(8-11(2)29-10)17-13(12(3)14(6-21)18(27)22(17)4)5-15-19(28)24(9-16(25)26)20(30)31-15/h5,10-11H,7-9H2,1-4H3,(H,25,26)/b15-5-. The number of carboxylic acids is 1. The van der Waals surface area contributed by atoms with E-state index in [1.165, 1.54) is 4.57 Å². The molecule has 0 spiro atoms. The highest BCUT2D eigenvalue weighted by molar-refractivity contribution is 8.26. The maximum Gasteiger partial charge on any atom is 0.323 e. The van der Waals surface area contributed by atoms with Crippen LogP contribution in [-0.2, 0) is 21.4 Å². The molecule has 2 fully saturated rings. The van der Waals surface area contributed by atoms with Gasteiger partial charge in [0.05, 0.1) is 17.1 Å². The lowest BCUT2D eigenvalue weighted by molar-refractivity contribution is -0.140. The topological polar surface area (TPSA) is 116 Å². The minimum Gasteiger partial charge on any atom is -0.480 e. The summed E-state index contributed by atoms with van der Waals surface area (Å²) in [5, 5.41) is 18.6. The second kappa shape index (κ2) is 8.82. The van der Waals surface area contributed by atoms with E-state index in [-0.39, 0.29) is 27.0 Å². The molecule has 2 aliphatic heterocycles. The summed E-state index contributed by atoms with van der Waals surface area (Å²) in [5.74, 6) is -1.11. The van der Waals surface area contributed by atoms with Crippen molar-refractivity contribution >= 4 is 52.1 Å². The van der Waals surface area contributed by atoms with Gasteiger partial charge >= 0.3 is 5.97 Å². The van der Waals surface area contributed by atoms with Gasteiger partial charge in [0.25, 0.3) is 11.5 Å². The number of aliphatic carboxylic acids is 1. The van der Waals surface area contributed by atoms with E-state index in [0.29, 0.717) is 30.0 Å². The highest BCUT2D eigenvalue weighted by Crippen LogP contribution is 2.36. The number of hydrogen-bond donors (Lipinski definition) is 1. The van der Waals surface area contributed by atoms with Gasteiger partial charge in [0.15, 0.2) is 0 Å². The van der Waals surface area contributed by atoms with Crippen LogP contribution in [0.4, 0.5) is 5.82 Å². The van der Waals surface area contributed by atoms with Crippen molar-refractivity contribution in [3.05, 3.63) is 31.9 Å². The van der Waals surface area contributed by atoms with Gasteiger partial charge in [-0.25, -0.2) is 0 Å². The largest absolute Gasteiger partial charge is 0.480 e. The van der Waals surface area contributed by atoms with Crippen LogP contribution in [0.5, 0.6) is 0 Å². The number of carbonyl (C=O) groups excluding carboxylic acids is 1. The SMILES string of the molecule is Cc1c(/C=C2\SC(=S)N(CC(=O)O)C2=O)c(N2CC(C)OC(C)C2)n(C)c(=O)c1C#N. The Hall–Kier alpha value is -2.68. The van der Waals surface area contributed by atoms with E-state index in [1.807, 2.05) is 24.8 Å². The predicted molar refractivity (Wildman–Crippen MR) is 121 cm³/mol. The van der Waals surface area contributed by atoms with Gasteiger partial charge in [-0.3, -0.25) is 23.9 Å². The van der Waals surface area contributed by atoms with Gasteiger partial charge in [-0.15, -0.1) is 0 Å². The average Bonchev–Trinajstić information content (AvgIpc) is 2.93. The molecule has 0 bridgehead atoms. The Balaban J connectivity index is 2.19. The molecule has 31 heavy (non-hydrogen) atoms. The van der Waals surface area contributed by atoms with Crippen molar-refractivity contribution in [3.63, 3.8) is 0 Å². The van der Waals surface area contributed by atoms with Crippen LogP contribution in [0.25, 0.3) is 6.08 Å². The maximum atomic E-state index is 12.8. The van der Waals surface area contributed by atoms with E-state index in [9.17, 15) is 19.6 Å². The first kappa shape index (κ1) is 23.0. The number of carbonyl (C=O) groups is 2. The lowest BCUT2D eigenvalue weighted by Gasteiger charge is -2.38. The van der Waals surface area contributed by atoms with Gasteiger partial charge in [-0.05, 0) is 32.4 Å². The molecule has 1 amide bonds. The number of amides is 1. The third kappa shape index (κ3) is 4.37. The number of rotatable bonds is 4. The third-order valence-electron chi connectivity index (χ3n) is 5.13. The highest BCUT2D eigenvalue weighted by Gasteiger charge is 2.35. The summed E-state index contributed by atoms with van der Waals surface area (Å²) < 4.78 is 7.37. The first-order valence-electron chi connectivity index (χ1n) is 9.56. The number of hydrogen-bond acceptors (Lipinski definition) is 8. The van der Waals surface area contributed by atoms with E-state index in [0.717, 1.165) is 16.7 Å². The maximum absolute atomic E-state index is 12.8. The molecule has 0 aromatic carbocycles. The van der Waals surface area contributed by atoms with Crippen LogP contribution in [0.3, 0.4) is 0 Å². The molecule has 11 heteroatoms. The fourth-order valence-corrected chi connectivity index (χ4v) is 5.08. The molecule has 1 aromatic heterocycles. The van der Waals surface area contributed by atoms with Gasteiger partial charge in [0.2, 0.25) is 0 Å². The van der Waals surface area contributed by atoms with Crippen molar-refractivity contribution < 1.29 is 19.4 Å². The molecule has 2 atom stereocenters. The van der Waals surface area contributed by atoms with Crippen LogP contribution in [0.1, 0.15) is 30.5 Å². The summed E-state index contributed by atoms with van der Waals surface area (Å²) in [6.07, 6.45) is 1.45. The van der Waals surface area contributed by atoms with Crippen molar-refractivity contribution in [1.29, 1.82) is 5.26 Å². The molecule has 0 aliphatic carbocycles. The van der Waals surface area contributed by atoms with E-state index < -0.39 is 24.0 Å². The summed E-state index contributed by atoms with van der Waals surface area (Å²) in [7, 11) is 1.59. The monoisotopic (exact) mass is 462 g/mol. The lowest BCUT2D eigenvalue weighted by Crippen LogP contribution is -2.47. The zero-order valence-electron chi connectivity index (χ0n) is 17.5. The number of anilines is 1. The molecule has 2 aliphatic rings. The Morgan fingerprint density at radius 2 is 1.97 bits per heavy atom. The van der Waals surface area contributed by atoms with E-state index in [1.54, 1.807) is 20.0 Å². The van der Waals surface area contributed by atoms with Crippen molar-refractivity contribution in [2.75, 3.05) is 24.5 Å². The van der Waals surface area contributed by atoms with Gasteiger partial charge in [-0.1, -0.05) is 24.0 Å². The van der Waals surface area contributed by atoms with E-state index >= 15 is 0 Å². The number of morpholine rings is 1. The van der Waals surface area contributed by atoms with Gasteiger partial charge in [-0.2, -0.15) is 5.26 Å². The summed E-state index contributed by atoms with van der Waals surface area (Å²) in [6.45, 7) is 6.08. The fourth-order valence-electron chi connectivity index (χ4n) is 3.85. The molecular weight excluding hydrogens is 440 g/mol. The molecule has 164 valence electrons. The molecule has 3 heterocycles. The first-order valence-corrected chi connectivity index (χ1v) is 10.8. The highest BCUT2D eigenvalue weighted by atomic mass is 32.2. The van der Waals surface area contributed by atoms with Gasteiger partial charge < -0.3 is 14.7 Å². The Morgan fingerprint density at radius 3 is 2.52 bits per heavy atom. The molecule has 2 unspecified atom stereocenters. The van der Waals surface area contributed by atoms with E-state index in [4.69, 9.17) is 22.1 Å². The van der Waals surface area contributed by atoms with Crippen molar-refractivity contribution in [2.45, 2.75) is 33.0 Å². The number of aromatic nitrogens is 1. The Labute approximate surface area is 188 Å². The second-order valence-electron chi connectivity index (χ2n) is 7.54. The number of thiocarbonyl (C=S) groups is 1. The van der Waals surface area contributed by atoms with Crippen LogP contribution in [0.2, 0.25) is 0 Å². The lowest BCUT2D eigenvalue weighted by atomic mass is 10.0. The summed E-state index contributed by atoms with van der Waals surface area (Å²) in [4.78, 5) is 40.0. The van der Waals surface area contributed by atoms with Crippen LogP contribution < -0.4 is 10.5 Å². The zero-order chi connectivity index (χ0) is 23.0. The number of nitriles is 1. The van der Waals surface area contributed by atoms with Gasteiger partial charge in [0, 0.05) is 25.7 Å². The van der Waals surface area contributed by atoms with Crippen LogP contribution in [-0.4, -0.2) is 62.6 Å². The summed E-state index contributed by atoms with van der Waals surface area (Å²) >= 11 is 6.17. The van der Waals surface area contributed by atoms with Crippen LogP contribution in [0, 0.1) is 18.3 Å². The molecule has 1 N–H and O–H groups in total. The molecule has 2 saturated heterocycles. The Morgan fingerprint density at radius 1 is 1.35 bits per heavy atom. The van der Waals surface area contributed by atoms with Crippen molar-refractivity contribution in [3.8, 4) is 6.07 Å². The Kier molecular flexibility index (Phi) is 6.54. The van der Waals surface area contributed by atoms with Gasteiger partial charge in [0.1, 0.15) is 28.3 Å². The number of pyridine rings is 1. The van der Waals surface area contributed by atoms with Crippen molar-refractivity contribution in [1.82, 2.24) is 9.47 Å². The molecule has 0 radical (unpaired) electrons. The number of carboxylic acid groups (broad SMARTS) is 1. The number of ether oxygens (including phenoxy) is 1. The minimum absolute atomic E-state index is 0.00660. The molecule has 1 aromatic rings. The van der Waals surface area contributed by atoms with Crippen molar-refractivity contribution in [2.24, 2.45) is 7.05 Å². The number of thioether (sulfide) groups is 1. The molecule has 3 rings (SSSR count). The van der Waals surface area contributed by atoms with E-state index in [2.05, 4.69) is 0 Å². The summed E-state index contributed by atoms with van der Waals surface area (Å²) in [6, 6.07) is 1.96. The minimum atomic E-state index is -1.17. The van der Waals surface area contributed by atoms with Crippen LogP contribution in [0.15, 0.2) is 9.70 Å².